The molecule has 0 saturated carbocycles. The highest BCUT2D eigenvalue weighted by molar-refractivity contribution is 7.90. The standard InChI is InChI=1S/C15H16N2O4S/c1-4-10(2)15(18)17-22(19,20)13-7-5-12(6-8-13)14-9-21-11(3)16-14/h4-9H,1-3H3,(H,17,18)/b10-4-. The van der Waals surface area contributed by atoms with Gasteiger partial charge in [0.15, 0.2) is 5.89 Å². The van der Waals surface area contributed by atoms with E-state index in [1.54, 1.807) is 39.0 Å². The van der Waals surface area contributed by atoms with Crippen molar-refractivity contribution in [3.8, 4) is 11.3 Å². The molecule has 0 bridgehead atoms. The quantitative estimate of drug-likeness (QED) is 0.874. The van der Waals surface area contributed by atoms with Crippen LogP contribution in [-0.4, -0.2) is 19.3 Å². The van der Waals surface area contributed by atoms with E-state index < -0.39 is 15.9 Å². The van der Waals surface area contributed by atoms with Crippen LogP contribution in [0.25, 0.3) is 11.3 Å². The molecule has 1 aromatic carbocycles. The molecule has 0 fully saturated rings. The van der Waals surface area contributed by atoms with Crippen molar-refractivity contribution in [1.29, 1.82) is 0 Å². The van der Waals surface area contributed by atoms with Crippen molar-refractivity contribution in [2.24, 2.45) is 0 Å². The Balaban J connectivity index is 2.24. The summed E-state index contributed by atoms with van der Waals surface area (Å²) in [6.45, 7) is 4.93. The Morgan fingerprint density at radius 2 is 1.91 bits per heavy atom. The first-order chi connectivity index (χ1) is 10.3. The second-order valence-electron chi connectivity index (χ2n) is 4.68. The topological polar surface area (TPSA) is 89.3 Å². The molecule has 1 N–H and O–H groups in total. The van der Waals surface area contributed by atoms with Crippen molar-refractivity contribution >= 4 is 15.9 Å². The fourth-order valence-electron chi connectivity index (χ4n) is 1.69. The molecule has 1 heterocycles. The average molecular weight is 320 g/mol. The third-order valence-corrected chi connectivity index (χ3v) is 4.44. The summed E-state index contributed by atoms with van der Waals surface area (Å²) in [5.41, 5.74) is 1.68. The zero-order chi connectivity index (χ0) is 16.3. The molecule has 0 aliphatic carbocycles. The number of carbonyl (C=O) groups is 1. The Bertz CT molecular complexity index is 817. The maximum Gasteiger partial charge on any atom is 0.264 e. The number of allylic oxidation sites excluding steroid dienone is 1. The van der Waals surface area contributed by atoms with E-state index in [9.17, 15) is 13.2 Å². The van der Waals surface area contributed by atoms with Crippen LogP contribution in [0.5, 0.6) is 0 Å². The maximum absolute atomic E-state index is 12.1. The molecule has 0 atom stereocenters. The van der Waals surface area contributed by atoms with Crippen molar-refractivity contribution in [3.63, 3.8) is 0 Å². The summed E-state index contributed by atoms with van der Waals surface area (Å²) in [6.07, 6.45) is 3.04. The van der Waals surface area contributed by atoms with Gasteiger partial charge in [-0.15, -0.1) is 0 Å². The minimum Gasteiger partial charge on any atom is -0.449 e. The molecule has 0 unspecified atom stereocenters. The first-order valence-electron chi connectivity index (χ1n) is 6.56. The lowest BCUT2D eigenvalue weighted by Crippen LogP contribution is -2.31. The van der Waals surface area contributed by atoms with E-state index in [4.69, 9.17) is 4.42 Å². The van der Waals surface area contributed by atoms with Gasteiger partial charge in [-0.2, -0.15) is 0 Å². The van der Waals surface area contributed by atoms with Gasteiger partial charge < -0.3 is 4.42 Å². The molecule has 2 aromatic rings. The van der Waals surface area contributed by atoms with Crippen LogP contribution < -0.4 is 4.72 Å². The van der Waals surface area contributed by atoms with Crippen molar-refractivity contribution in [1.82, 2.24) is 9.71 Å². The van der Waals surface area contributed by atoms with Gasteiger partial charge in [-0.1, -0.05) is 18.2 Å². The number of amides is 1. The molecule has 1 aromatic heterocycles. The van der Waals surface area contributed by atoms with Crippen LogP contribution in [0.4, 0.5) is 0 Å². The molecule has 0 aliphatic rings. The van der Waals surface area contributed by atoms with E-state index in [-0.39, 0.29) is 4.90 Å². The fraction of sp³-hybridized carbons (Fsp3) is 0.200. The molecule has 116 valence electrons. The van der Waals surface area contributed by atoms with Crippen molar-refractivity contribution in [2.75, 3.05) is 0 Å². The number of oxazole rings is 1. The SMILES string of the molecule is C/C=C(/C)C(=O)NS(=O)(=O)c1ccc(-c2coc(C)n2)cc1. The summed E-state index contributed by atoms with van der Waals surface area (Å²) in [4.78, 5) is 15.8. The first kappa shape index (κ1) is 16.0. The van der Waals surface area contributed by atoms with Gasteiger partial charge in [0.05, 0.1) is 4.90 Å². The number of sulfonamides is 1. The molecule has 2 rings (SSSR count). The lowest BCUT2D eigenvalue weighted by Gasteiger charge is -2.07. The van der Waals surface area contributed by atoms with Crippen LogP contribution in [0, 0.1) is 6.92 Å². The summed E-state index contributed by atoms with van der Waals surface area (Å²) in [7, 11) is -3.89. The molecular weight excluding hydrogens is 304 g/mol. The van der Waals surface area contributed by atoms with Crippen LogP contribution in [0.1, 0.15) is 19.7 Å². The van der Waals surface area contributed by atoms with Gasteiger partial charge in [0.2, 0.25) is 0 Å². The Morgan fingerprint density at radius 3 is 2.41 bits per heavy atom. The minimum absolute atomic E-state index is 0.00807. The summed E-state index contributed by atoms with van der Waals surface area (Å²) < 4.78 is 31.4. The molecule has 1 amide bonds. The molecule has 0 aliphatic heterocycles. The summed E-state index contributed by atoms with van der Waals surface area (Å²) in [5, 5.41) is 0. The Hall–Kier alpha value is -2.41. The third-order valence-electron chi connectivity index (χ3n) is 3.10. The predicted octanol–water partition coefficient (Wildman–Crippen LogP) is 2.42. The van der Waals surface area contributed by atoms with Gasteiger partial charge in [0, 0.05) is 18.1 Å². The number of carbonyl (C=O) groups excluding carboxylic acids is 1. The zero-order valence-corrected chi connectivity index (χ0v) is 13.3. The maximum atomic E-state index is 12.1. The molecule has 7 heteroatoms. The average Bonchev–Trinajstić information content (AvgIpc) is 2.92. The van der Waals surface area contributed by atoms with Crippen LogP contribution in [0.15, 0.2) is 51.5 Å². The van der Waals surface area contributed by atoms with Gasteiger partial charge in [-0.05, 0) is 26.0 Å². The molecular formula is C15H16N2O4S. The Kier molecular flexibility index (Phi) is 4.46. The zero-order valence-electron chi connectivity index (χ0n) is 12.5. The van der Waals surface area contributed by atoms with Crippen molar-refractivity contribution in [2.45, 2.75) is 25.7 Å². The number of hydrogen-bond donors (Lipinski definition) is 1. The van der Waals surface area contributed by atoms with Crippen LogP contribution in [0.3, 0.4) is 0 Å². The van der Waals surface area contributed by atoms with Crippen LogP contribution in [-0.2, 0) is 14.8 Å². The first-order valence-corrected chi connectivity index (χ1v) is 8.04. The third kappa shape index (κ3) is 3.43. The van der Waals surface area contributed by atoms with Gasteiger partial charge in [0.25, 0.3) is 15.9 Å². The molecule has 0 spiro atoms. The largest absolute Gasteiger partial charge is 0.449 e. The second-order valence-corrected chi connectivity index (χ2v) is 6.36. The normalized spacial score (nSPS) is 12.2. The number of aromatic nitrogens is 1. The smallest absolute Gasteiger partial charge is 0.264 e. The fourth-order valence-corrected chi connectivity index (χ4v) is 2.71. The van der Waals surface area contributed by atoms with E-state index in [1.165, 1.54) is 18.4 Å². The van der Waals surface area contributed by atoms with E-state index in [1.807, 2.05) is 4.72 Å². The Labute approximate surface area is 128 Å². The van der Waals surface area contributed by atoms with Gasteiger partial charge in [-0.25, -0.2) is 18.1 Å². The van der Waals surface area contributed by atoms with E-state index in [2.05, 4.69) is 4.98 Å². The van der Waals surface area contributed by atoms with Crippen molar-refractivity contribution < 1.29 is 17.6 Å². The van der Waals surface area contributed by atoms with Crippen LogP contribution >= 0.6 is 0 Å². The second kappa shape index (κ2) is 6.15. The molecule has 6 nitrogen and oxygen atoms in total. The van der Waals surface area contributed by atoms with Gasteiger partial charge >= 0.3 is 0 Å². The Morgan fingerprint density at radius 1 is 1.27 bits per heavy atom. The highest BCUT2D eigenvalue weighted by atomic mass is 32.2. The molecule has 0 saturated heterocycles. The van der Waals surface area contributed by atoms with Crippen LogP contribution in [0.2, 0.25) is 0 Å². The van der Waals surface area contributed by atoms with Gasteiger partial charge in [0.1, 0.15) is 12.0 Å². The number of hydrogen-bond acceptors (Lipinski definition) is 5. The highest BCUT2D eigenvalue weighted by Gasteiger charge is 2.18. The van der Waals surface area contributed by atoms with E-state index in [0.29, 0.717) is 17.2 Å². The van der Waals surface area contributed by atoms with E-state index >= 15 is 0 Å². The van der Waals surface area contributed by atoms with Gasteiger partial charge in [-0.3, -0.25) is 4.79 Å². The molecule has 22 heavy (non-hydrogen) atoms. The number of rotatable bonds is 4. The summed E-state index contributed by atoms with van der Waals surface area (Å²) in [5.74, 6) is -0.112. The number of nitrogens with zero attached hydrogens (tertiary/aromatic N) is 1. The lowest BCUT2D eigenvalue weighted by molar-refractivity contribution is -0.115. The summed E-state index contributed by atoms with van der Waals surface area (Å²) >= 11 is 0. The number of nitrogens with one attached hydrogen (secondary N) is 1. The summed E-state index contributed by atoms with van der Waals surface area (Å²) in [6, 6.07) is 6.05. The van der Waals surface area contributed by atoms with Crippen molar-refractivity contribution in [3.05, 3.63) is 48.1 Å². The number of benzene rings is 1. The highest BCUT2D eigenvalue weighted by Crippen LogP contribution is 2.20. The number of aryl methyl sites for hydroxylation is 1. The van der Waals surface area contributed by atoms with E-state index in [0.717, 1.165) is 5.56 Å². The molecule has 0 radical (unpaired) electrons. The monoisotopic (exact) mass is 320 g/mol. The minimum atomic E-state index is -3.89. The lowest BCUT2D eigenvalue weighted by atomic mass is 10.2. The predicted molar refractivity (Wildman–Crippen MR) is 81.4 cm³/mol.